The van der Waals surface area contributed by atoms with E-state index in [0.717, 1.165) is 35.4 Å². The molecule has 2 heterocycles. The van der Waals surface area contributed by atoms with Crippen molar-refractivity contribution < 1.29 is 14.7 Å². The molecule has 4 nitrogen and oxygen atoms in total. The lowest BCUT2D eigenvalue weighted by Crippen LogP contribution is -2.51. The van der Waals surface area contributed by atoms with Gasteiger partial charge in [0.15, 0.2) is 0 Å². The van der Waals surface area contributed by atoms with Crippen LogP contribution in [0.1, 0.15) is 41.5 Å². The molecule has 3 rings (SSSR count). The van der Waals surface area contributed by atoms with Crippen molar-refractivity contribution in [3.63, 3.8) is 0 Å². The first-order valence-electron chi connectivity index (χ1n) is 7.30. The van der Waals surface area contributed by atoms with E-state index in [1.165, 1.54) is 11.8 Å². The molecule has 1 saturated carbocycles. The van der Waals surface area contributed by atoms with Crippen LogP contribution in [-0.2, 0) is 9.59 Å². The van der Waals surface area contributed by atoms with Gasteiger partial charge in [-0.3, -0.25) is 9.59 Å². The number of aryl methyl sites for hydroxylation is 1. The number of hydrogen-bond acceptors (Lipinski definition) is 4. The highest BCUT2D eigenvalue weighted by Gasteiger charge is 2.45. The van der Waals surface area contributed by atoms with Gasteiger partial charge in [-0.1, -0.05) is 12.8 Å². The smallest absolute Gasteiger partial charge is 0.319 e. The average Bonchev–Trinajstić information content (AvgIpc) is 3.09. The van der Waals surface area contributed by atoms with Crippen molar-refractivity contribution in [3.05, 3.63) is 21.9 Å². The Morgan fingerprint density at radius 3 is 2.62 bits per heavy atom. The molecule has 2 unspecified atom stereocenters. The van der Waals surface area contributed by atoms with Gasteiger partial charge in [0.2, 0.25) is 5.91 Å². The van der Waals surface area contributed by atoms with Gasteiger partial charge in [-0.25, -0.2) is 0 Å². The molecule has 1 aromatic rings. The topological polar surface area (TPSA) is 57.6 Å². The molecule has 0 radical (unpaired) electrons. The van der Waals surface area contributed by atoms with Crippen LogP contribution < -0.4 is 0 Å². The van der Waals surface area contributed by atoms with Gasteiger partial charge in [0, 0.05) is 15.8 Å². The van der Waals surface area contributed by atoms with E-state index in [0.29, 0.717) is 0 Å². The molecule has 1 amide bonds. The average molecular weight is 325 g/mol. The zero-order valence-corrected chi connectivity index (χ0v) is 13.6. The Bertz CT molecular complexity index is 551. The second kappa shape index (κ2) is 6.01. The van der Waals surface area contributed by atoms with E-state index in [1.807, 2.05) is 24.0 Å². The van der Waals surface area contributed by atoms with Gasteiger partial charge in [0.1, 0.15) is 5.25 Å². The molecule has 1 N–H and O–H groups in total. The number of thiophene rings is 1. The predicted molar refractivity (Wildman–Crippen MR) is 84.8 cm³/mol. The number of rotatable bonds is 3. The summed E-state index contributed by atoms with van der Waals surface area (Å²) in [7, 11) is 0. The third-order valence-corrected chi connectivity index (χ3v) is 6.58. The van der Waals surface area contributed by atoms with Gasteiger partial charge in [-0.05, 0) is 31.9 Å². The quantitative estimate of drug-likeness (QED) is 0.928. The Labute approximate surface area is 132 Å². The number of carbonyl (C=O) groups is 2. The molecule has 2 atom stereocenters. The number of aliphatic carboxylic acids is 1. The van der Waals surface area contributed by atoms with E-state index < -0.39 is 11.2 Å². The van der Waals surface area contributed by atoms with Crippen LogP contribution in [0.5, 0.6) is 0 Å². The molecule has 0 bridgehead atoms. The second-order valence-corrected chi connectivity index (χ2v) is 8.15. The molecule has 1 aliphatic carbocycles. The van der Waals surface area contributed by atoms with Crippen molar-refractivity contribution in [1.29, 1.82) is 0 Å². The molecule has 2 aliphatic rings. The fourth-order valence-corrected chi connectivity index (χ4v) is 5.52. The van der Waals surface area contributed by atoms with Gasteiger partial charge >= 0.3 is 5.97 Å². The minimum atomic E-state index is -0.813. The van der Waals surface area contributed by atoms with Crippen LogP contribution in [0.25, 0.3) is 0 Å². The Morgan fingerprint density at radius 1 is 1.33 bits per heavy atom. The third-order valence-electron chi connectivity index (χ3n) is 4.27. The number of carboxylic acids is 1. The fraction of sp³-hybridized carbons (Fsp3) is 0.600. The van der Waals surface area contributed by atoms with Crippen molar-refractivity contribution in [1.82, 2.24) is 4.90 Å². The molecule has 2 fully saturated rings. The maximum atomic E-state index is 12.5. The highest BCUT2D eigenvalue weighted by Crippen LogP contribution is 2.43. The maximum Gasteiger partial charge on any atom is 0.319 e. The van der Waals surface area contributed by atoms with Gasteiger partial charge in [-0.15, -0.1) is 23.1 Å². The third kappa shape index (κ3) is 2.83. The first-order chi connectivity index (χ1) is 10.1. The highest BCUT2D eigenvalue weighted by atomic mass is 32.2. The monoisotopic (exact) mass is 325 g/mol. The zero-order chi connectivity index (χ0) is 15.0. The summed E-state index contributed by atoms with van der Waals surface area (Å²) in [4.78, 5) is 28.2. The minimum Gasteiger partial charge on any atom is -0.480 e. The number of carbonyl (C=O) groups excluding carboxylic acids is 1. The van der Waals surface area contributed by atoms with Crippen LogP contribution in [0.15, 0.2) is 12.1 Å². The second-order valence-electron chi connectivity index (χ2n) is 5.70. The molecule has 1 saturated heterocycles. The van der Waals surface area contributed by atoms with Crippen molar-refractivity contribution in [2.75, 3.05) is 5.75 Å². The zero-order valence-electron chi connectivity index (χ0n) is 11.9. The van der Waals surface area contributed by atoms with Crippen LogP contribution >= 0.6 is 23.1 Å². The summed E-state index contributed by atoms with van der Waals surface area (Å²) < 4.78 is 0. The SMILES string of the molecule is Cc1ccc(C2C(C(=O)O)SCC(=O)N2C2CCCC2)s1. The van der Waals surface area contributed by atoms with Crippen LogP contribution in [0.3, 0.4) is 0 Å². The Balaban J connectivity index is 1.99. The number of hydrogen-bond donors (Lipinski definition) is 1. The van der Waals surface area contributed by atoms with Crippen LogP contribution in [0, 0.1) is 6.92 Å². The highest BCUT2D eigenvalue weighted by molar-refractivity contribution is 8.01. The summed E-state index contributed by atoms with van der Waals surface area (Å²) in [6.07, 6.45) is 4.28. The summed E-state index contributed by atoms with van der Waals surface area (Å²) in [6.45, 7) is 2.02. The maximum absolute atomic E-state index is 12.5. The van der Waals surface area contributed by atoms with Crippen molar-refractivity contribution in [2.24, 2.45) is 0 Å². The fourth-order valence-electron chi connectivity index (χ4n) is 3.35. The lowest BCUT2D eigenvalue weighted by molar-refractivity contribution is -0.141. The largest absolute Gasteiger partial charge is 0.480 e. The normalized spacial score (nSPS) is 27.3. The van der Waals surface area contributed by atoms with Gasteiger partial charge in [0.25, 0.3) is 0 Å². The summed E-state index contributed by atoms with van der Waals surface area (Å²) in [5, 5.41) is 9.02. The molecular weight excluding hydrogens is 306 g/mol. The summed E-state index contributed by atoms with van der Waals surface area (Å²) in [5.41, 5.74) is 0. The van der Waals surface area contributed by atoms with Crippen LogP contribution in [0.2, 0.25) is 0 Å². The summed E-state index contributed by atoms with van der Waals surface area (Å²) in [5.74, 6) is -0.430. The molecule has 6 heteroatoms. The standard InChI is InChI=1S/C15H19NO3S2/c1-9-6-7-11(21-9)13-14(15(18)19)20-8-12(17)16(13)10-4-2-3-5-10/h6-7,10,13-14H,2-5,8H2,1H3,(H,18,19). The lowest BCUT2D eigenvalue weighted by atomic mass is 10.0. The molecule has 21 heavy (non-hydrogen) atoms. The summed E-state index contributed by atoms with van der Waals surface area (Å²) >= 11 is 2.88. The molecule has 0 spiro atoms. The lowest BCUT2D eigenvalue weighted by Gasteiger charge is -2.42. The molecule has 0 aromatic carbocycles. The number of carboxylic acid groups (broad SMARTS) is 1. The van der Waals surface area contributed by atoms with E-state index in [4.69, 9.17) is 0 Å². The van der Waals surface area contributed by atoms with Gasteiger partial charge in [0.05, 0.1) is 11.8 Å². The first-order valence-corrected chi connectivity index (χ1v) is 9.16. The number of amides is 1. The van der Waals surface area contributed by atoms with Gasteiger partial charge in [-0.2, -0.15) is 0 Å². The van der Waals surface area contributed by atoms with Crippen LogP contribution in [0.4, 0.5) is 0 Å². The molecule has 1 aromatic heterocycles. The Kier molecular flexibility index (Phi) is 4.26. The molecule has 1 aliphatic heterocycles. The van der Waals surface area contributed by atoms with E-state index in [9.17, 15) is 14.7 Å². The van der Waals surface area contributed by atoms with Crippen molar-refractivity contribution >= 4 is 35.0 Å². The number of nitrogens with zero attached hydrogens (tertiary/aromatic N) is 1. The Morgan fingerprint density at radius 2 is 2.05 bits per heavy atom. The van der Waals surface area contributed by atoms with E-state index >= 15 is 0 Å². The molecule has 114 valence electrons. The van der Waals surface area contributed by atoms with Crippen LogP contribution in [-0.4, -0.2) is 38.9 Å². The number of thioether (sulfide) groups is 1. The summed E-state index contributed by atoms with van der Waals surface area (Å²) in [6, 6.07) is 3.90. The van der Waals surface area contributed by atoms with Crippen molar-refractivity contribution in [2.45, 2.75) is 49.9 Å². The predicted octanol–water partition coefficient (Wildman–Crippen LogP) is 3.07. The first kappa shape index (κ1) is 14.9. The van der Waals surface area contributed by atoms with Crippen molar-refractivity contribution in [3.8, 4) is 0 Å². The Hall–Kier alpha value is -1.01. The van der Waals surface area contributed by atoms with Gasteiger partial charge < -0.3 is 10.0 Å². The minimum absolute atomic E-state index is 0.0976. The van der Waals surface area contributed by atoms with E-state index in [1.54, 1.807) is 11.3 Å². The molecular formula is C15H19NO3S2. The van der Waals surface area contributed by atoms with E-state index in [2.05, 4.69) is 0 Å². The van der Waals surface area contributed by atoms with E-state index in [-0.39, 0.29) is 23.7 Å².